The molecule has 3 fully saturated rings. The molecule has 0 spiro atoms. The summed E-state index contributed by atoms with van der Waals surface area (Å²) in [5.74, 6) is 3.23. The Kier molecular flexibility index (Phi) is 10.2. The lowest BCUT2D eigenvalue weighted by Gasteiger charge is -2.49. The average Bonchev–Trinajstić information content (AvgIpc) is 3.57. The van der Waals surface area contributed by atoms with Crippen LogP contribution in [-0.2, 0) is 13.9 Å². The van der Waals surface area contributed by atoms with Crippen LogP contribution >= 0.6 is 0 Å². The molecule has 2 aromatic rings. The van der Waals surface area contributed by atoms with Crippen LogP contribution in [0.25, 0.3) is 11.0 Å². The predicted molar refractivity (Wildman–Crippen MR) is 167 cm³/mol. The van der Waals surface area contributed by atoms with E-state index in [0.717, 1.165) is 66.8 Å². The molecule has 4 nitrogen and oxygen atoms in total. The van der Waals surface area contributed by atoms with E-state index in [4.69, 9.17) is 18.3 Å². The van der Waals surface area contributed by atoms with Crippen molar-refractivity contribution in [3.05, 3.63) is 36.1 Å². The number of furan rings is 1. The van der Waals surface area contributed by atoms with Crippen LogP contribution in [0.3, 0.4) is 0 Å². The number of fused-ring (bicyclic) bond motifs is 2. The zero-order chi connectivity index (χ0) is 28.2. The Morgan fingerprint density at radius 2 is 1.77 bits per heavy atom. The summed E-state index contributed by atoms with van der Waals surface area (Å²) in [5, 5.41) is 1.16. The van der Waals surface area contributed by atoms with E-state index in [9.17, 15) is 0 Å². The number of benzene rings is 1. The minimum atomic E-state index is -1.58. The first-order valence-electron chi connectivity index (χ1n) is 16.8. The Morgan fingerprint density at radius 1 is 0.975 bits per heavy atom. The van der Waals surface area contributed by atoms with Gasteiger partial charge in [0, 0.05) is 18.1 Å². The Morgan fingerprint density at radius 3 is 2.50 bits per heavy atom. The van der Waals surface area contributed by atoms with Crippen molar-refractivity contribution in [2.45, 2.75) is 142 Å². The Hall–Kier alpha value is -1.14. The van der Waals surface area contributed by atoms with Gasteiger partial charge in [-0.3, -0.25) is 0 Å². The molecule has 1 saturated heterocycles. The SMILES string of the molecule is CC[Si](CC)(CC)O[C@H]1CCC[C@]2(C)[C@@H](C(C)CCCC(OC3CCCCO3)c3cc4ccccc4o3)CC[C@@H]12. The van der Waals surface area contributed by atoms with E-state index in [0.29, 0.717) is 11.5 Å². The van der Waals surface area contributed by atoms with Crippen molar-refractivity contribution >= 4 is 19.3 Å². The van der Waals surface area contributed by atoms with Crippen molar-refractivity contribution in [3.63, 3.8) is 0 Å². The molecule has 0 radical (unpaired) electrons. The van der Waals surface area contributed by atoms with Crippen molar-refractivity contribution in [1.82, 2.24) is 0 Å². The second-order valence-corrected chi connectivity index (χ2v) is 18.3. The maximum atomic E-state index is 7.19. The number of hydrogen-bond donors (Lipinski definition) is 0. The van der Waals surface area contributed by atoms with Crippen LogP contribution in [0.4, 0.5) is 0 Å². The van der Waals surface area contributed by atoms with E-state index in [1.807, 2.05) is 6.07 Å². The highest BCUT2D eigenvalue weighted by atomic mass is 28.4. The number of rotatable bonds is 13. The Labute approximate surface area is 245 Å². The molecule has 0 amide bonds. The van der Waals surface area contributed by atoms with Crippen molar-refractivity contribution < 1.29 is 18.3 Å². The molecule has 3 unspecified atom stereocenters. The predicted octanol–water partition coefficient (Wildman–Crippen LogP) is 10.4. The van der Waals surface area contributed by atoms with Crippen LogP contribution in [0.1, 0.15) is 117 Å². The minimum absolute atomic E-state index is 0.0442. The summed E-state index contributed by atoms with van der Waals surface area (Å²) in [6, 6.07) is 14.3. The van der Waals surface area contributed by atoms with Crippen LogP contribution in [0.2, 0.25) is 18.1 Å². The van der Waals surface area contributed by atoms with Crippen LogP contribution in [0, 0.1) is 23.2 Å². The first kappa shape index (κ1) is 30.3. The van der Waals surface area contributed by atoms with Crippen molar-refractivity contribution in [2.75, 3.05) is 6.61 Å². The lowest BCUT2D eigenvalue weighted by atomic mass is 9.61. The van der Waals surface area contributed by atoms with Gasteiger partial charge in [0.15, 0.2) is 14.6 Å². The number of hydrogen-bond acceptors (Lipinski definition) is 4. The molecule has 2 heterocycles. The lowest BCUT2D eigenvalue weighted by molar-refractivity contribution is -0.194. The summed E-state index contributed by atoms with van der Waals surface area (Å²) in [5.41, 5.74) is 1.38. The first-order chi connectivity index (χ1) is 19.4. The van der Waals surface area contributed by atoms with Crippen LogP contribution in [0.5, 0.6) is 0 Å². The summed E-state index contributed by atoms with van der Waals surface area (Å²) >= 11 is 0. The van der Waals surface area contributed by atoms with Crippen molar-refractivity contribution in [1.29, 1.82) is 0 Å². The maximum Gasteiger partial charge on any atom is 0.192 e. The van der Waals surface area contributed by atoms with Crippen LogP contribution in [0.15, 0.2) is 34.7 Å². The molecule has 2 saturated carbocycles. The third-order valence-corrected chi connectivity index (χ3v) is 16.2. The molecule has 5 heteroatoms. The summed E-state index contributed by atoms with van der Waals surface area (Å²) in [4.78, 5) is 0. The summed E-state index contributed by atoms with van der Waals surface area (Å²) in [6.07, 6.45) is 13.8. The van der Waals surface area contributed by atoms with Gasteiger partial charge < -0.3 is 18.3 Å². The van der Waals surface area contributed by atoms with E-state index < -0.39 is 8.32 Å². The van der Waals surface area contributed by atoms with E-state index in [1.165, 1.54) is 63.1 Å². The van der Waals surface area contributed by atoms with Gasteiger partial charge in [-0.2, -0.15) is 0 Å². The zero-order valence-corrected chi connectivity index (χ0v) is 27.1. The molecule has 224 valence electrons. The highest BCUT2D eigenvalue weighted by molar-refractivity contribution is 6.73. The molecule has 1 aromatic carbocycles. The van der Waals surface area contributed by atoms with Gasteiger partial charge in [0.25, 0.3) is 0 Å². The molecule has 1 aliphatic heterocycles. The van der Waals surface area contributed by atoms with Gasteiger partial charge in [-0.25, -0.2) is 0 Å². The second kappa shape index (κ2) is 13.4. The third kappa shape index (κ3) is 6.43. The van der Waals surface area contributed by atoms with Crippen LogP contribution in [-0.4, -0.2) is 27.3 Å². The average molecular weight is 569 g/mol. The maximum absolute atomic E-state index is 7.19. The molecule has 1 aromatic heterocycles. The standard InChI is InChI=1S/C35H56O4Si/c1-6-40(7-2,8-3)39-31-19-14-23-35(5)28(21-22-29(31)35)26(4)15-13-18-32(38-34-20-11-12-24-36-34)33-25-27-16-9-10-17-30(27)37-33/h9-10,16-17,25-26,28-29,31-32,34H,6-8,11-15,18-24H2,1-5H3/t26?,28-,29+,31+,32?,34?,35-/m1/s1. The molecule has 40 heavy (non-hydrogen) atoms. The third-order valence-electron chi connectivity index (χ3n) is 11.5. The second-order valence-electron chi connectivity index (χ2n) is 13.6. The fourth-order valence-corrected chi connectivity index (χ4v) is 11.7. The van der Waals surface area contributed by atoms with E-state index in [-0.39, 0.29) is 12.4 Å². The fraction of sp³-hybridized carbons (Fsp3) is 0.771. The van der Waals surface area contributed by atoms with Gasteiger partial charge in [-0.05, 0) is 105 Å². The molecule has 3 aliphatic rings. The topological polar surface area (TPSA) is 40.8 Å². The Balaban J connectivity index is 1.22. The summed E-state index contributed by atoms with van der Waals surface area (Å²) in [6.45, 7) is 13.1. The first-order valence-corrected chi connectivity index (χ1v) is 19.4. The quantitative estimate of drug-likeness (QED) is 0.225. The molecule has 0 bridgehead atoms. The van der Waals surface area contributed by atoms with Gasteiger partial charge in [0.05, 0.1) is 0 Å². The van der Waals surface area contributed by atoms with E-state index in [1.54, 1.807) is 0 Å². The fourth-order valence-electron chi connectivity index (χ4n) is 8.82. The normalized spacial score (nSPS) is 30.8. The largest absolute Gasteiger partial charge is 0.458 e. The van der Waals surface area contributed by atoms with Gasteiger partial charge >= 0.3 is 0 Å². The zero-order valence-electron chi connectivity index (χ0n) is 26.1. The number of para-hydroxylation sites is 1. The number of ether oxygens (including phenoxy) is 2. The van der Waals surface area contributed by atoms with Crippen LogP contribution < -0.4 is 0 Å². The molecule has 5 rings (SSSR count). The molecule has 7 atom stereocenters. The molecule has 0 N–H and O–H groups in total. The van der Waals surface area contributed by atoms with Gasteiger partial charge in [0.2, 0.25) is 0 Å². The van der Waals surface area contributed by atoms with Gasteiger partial charge in [0.1, 0.15) is 17.4 Å². The smallest absolute Gasteiger partial charge is 0.192 e. The molecule has 2 aliphatic carbocycles. The minimum Gasteiger partial charge on any atom is -0.458 e. The summed E-state index contributed by atoms with van der Waals surface area (Å²) in [7, 11) is -1.58. The van der Waals surface area contributed by atoms with Gasteiger partial charge in [-0.1, -0.05) is 72.1 Å². The highest BCUT2D eigenvalue weighted by Crippen LogP contribution is 2.59. The highest BCUT2D eigenvalue weighted by Gasteiger charge is 2.53. The summed E-state index contributed by atoms with van der Waals surface area (Å²) < 4.78 is 26.1. The van der Waals surface area contributed by atoms with Crippen molar-refractivity contribution in [2.24, 2.45) is 23.2 Å². The lowest BCUT2D eigenvalue weighted by Crippen LogP contribution is -2.48. The monoisotopic (exact) mass is 568 g/mol. The van der Waals surface area contributed by atoms with Crippen molar-refractivity contribution in [3.8, 4) is 0 Å². The van der Waals surface area contributed by atoms with E-state index >= 15 is 0 Å². The van der Waals surface area contributed by atoms with E-state index in [2.05, 4.69) is 58.9 Å². The molecular formula is C35H56O4Si. The molecular weight excluding hydrogens is 512 g/mol. The Bertz CT molecular complexity index is 1020. The van der Waals surface area contributed by atoms with Gasteiger partial charge in [-0.15, -0.1) is 0 Å².